The van der Waals surface area contributed by atoms with Crippen LogP contribution in [0.5, 0.6) is 11.5 Å². The van der Waals surface area contributed by atoms with E-state index in [1.807, 2.05) is 0 Å². The average Bonchev–Trinajstić information content (AvgIpc) is 2.18. The summed E-state index contributed by atoms with van der Waals surface area (Å²) >= 11 is 2.13. The Morgan fingerprint density at radius 2 is 2.21 bits per heavy atom. The van der Waals surface area contributed by atoms with E-state index in [9.17, 15) is 4.79 Å². The van der Waals surface area contributed by atoms with Crippen LogP contribution in [-0.4, -0.2) is 13.1 Å². The van der Waals surface area contributed by atoms with Crippen molar-refractivity contribution < 1.29 is 14.3 Å². The van der Waals surface area contributed by atoms with E-state index in [0.29, 0.717) is 12.2 Å². The number of esters is 1. The van der Waals surface area contributed by atoms with Gasteiger partial charge in [0.05, 0.1) is 10.7 Å². The second kappa shape index (κ2) is 5.19. The van der Waals surface area contributed by atoms with E-state index in [1.54, 1.807) is 32.2 Å². The minimum absolute atomic E-state index is 0.231. The van der Waals surface area contributed by atoms with Crippen LogP contribution in [0, 0.1) is 3.57 Å². The number of rotatable bonds is 3. The van der Waals surface area contributed by atoms with Crippen LogP contribution in [0.4, 0.5) is 0 Å². The number of methoxy groups -OCH3 is 1. The molecule has 0 saturated heterocycles. The van der Waals surface area contributed by atoms with Gasteiger partial charge in [-0.2, -0.15) is 0 Å². The smallest absolute Gasteiger partial charge is 0.310 e. The van der Waals surface area contributed by atoms with E-state index >= 15 is 0 Å². The van der Waals surface area contributed by atoms with E-state index in [1.165, 1.54) is 0 Å². The Labute approximate surface area is 96.5 Å². The third-order valence-corrected chi connectivity index (χ3v) is 2.49. The van der Waals surface area contributed by atoms with Crippen LogP contribution in [0.1, 0.15) is 13.3 Å². The Kier molecular flexibility index (Phi) is 4.19. The Morgan fingerprint density at radius 1 is 1.50 bits per heavy atom. The van der Waals surface area contributed by atoms with Crippen LogP contribution < -0.4 is 9.47 Å². The summed E-state index contributed by atoms with van der Waals surface area (Å²) in [7, 11) is 1.61. The molecule has 1 aromatic carbocycles. The summed E-state index contributed by atoms with van der Waals surface area (Å²) in [4.78, 5) is 11.0. The predicted molar refractivity (Wildman–Crippen MR) is 61.6 cm³/mol. The van der Waals surface area contributed by atoms with Gasteiger partial charge in [-0.1, -0.05) is 6.92 Å². The molecular formula is C10H11IO3. The Hall–Kier alpha value is -0.780. The molecule has 76 valence electrons. The quantitative estimate of drug-likeness (QED) is 0.489. The SMILES string of the molecule is CCC(=O)Oc1ccc(OC)c(I)c1. The first-order valence-electron chi connectivity index (χ1n) is 4.21. The minimum Gasteiger partial charge on any atom is -0.496 e. The van der Waals surface area contributed by atoms with E-state index in [-0.39, 0.29) is 5.97 Å². The molecule has 0 fully saturated rings. The van der Waals surface area contributed by atoms with Gasteiger partial charge in [-0.3, -0.25) is 4.79 Å². The fraction of sp³-hybridized carbons (Fsp3) is 0.300. The molecule has 0 saturated carbocycles. The first-order valence-corrected chi connectivity index (χ1v) is 5.29. The van der Waals surface area contributed by atoms with Crippen LogP contribution in [0.25, 0.3) is 0 Å². The molecule has 14 heavy (non-hydrogen) atoms. The van der Waals surface area contributed by atoms with Crippen molar-refractivity contribution in [1.82, 2.24) is 0 Å². The van der Waals surface area contributed by atoms with Gasteiger partial charge >= 0.3 is 5.97 Å². The zero-order valence-corrected chi connectivity index (χ0v) is 10.2. The summed E-state index contributed by atoms with van der Waals surface area (Å²) < 4.78 is 11.1. The van der Waals surface area contributed by atoms with Crippen LogP contribution in [0.2, 0.25) is 0 Å². The van der Waals surface area contributed by atoms with Crippen molar-refractivity contribution in [3.05, 3.63) is 21.8 Å². The molecule has 1 aromatic rings. The molecule has 1 rings (SSSR count). The lowest BCUT2D eigenvalue weighted by Gasteiger charge is -2.06. The summed E-state index contributed by atoms with van der Waals surface area (Å²) in [6.45, 7) is 1.76. The molecule has 0 aliphatic heterocycles. The lowest BCUT2D eigenvalue weighted by molar-refractivity contribution is -0.134. The highest BCUT2D eigenvalue weighted by Gasteiger charge is 2.05. The van der Waals surface area contributed by atoms with Gasteiger partial charge in [-0.05, 0) is 40.8 Å². The maximum Gasteiger partial charge on any atom is 0.310 e. The van der Waals surface area contributed by atoms with Gasteiger partial charge in [0.25, 0.3) is 0 Å². The molecule has 0 aromatic heterocycles. The summed E-state index contributed by atoms with van der Waals surface area (Å²) in [5, 5.41) is 0. The largest absolute Gasteiger partial charge is 0.496 e. The molecular weight excluding hydrogens is 295 g/mol. The van der Waals surface area contributed by atoms with Gasteiger partial charge in [-0.15, -0.1) is 0 Å². The summed E-state index contributed by atoms with van der Waals surface area (Å²) in [6.07, 6.45) is 0.378. The highest BCUT2D eigenvalue weighted by Crippen LogP contribution is 2.25. The average molecular weight is 306 g/mol. The van der Waals surface area contributed by atoms with Crippen molar-refractivity contribution >= 4 is 28.6 Å². The van der Waals surface area contributed by atoms with Crippen LogP contribution in [0.15, 0.2) is 18.2 Å². The van der Waals surface area contributed by atoms with Crippen molar-refractivity contribution in [2.45, 2.75) is 13.3 Å². The van der Waals surface area contributed by atoms with Crippen molar-refractivity contribution in [3.63, 3.8) is 0 Å². The van der Waals surface area contributed by atoms with Crippen molar-refractivity contribution in [1.29, 1.82) is 0 Å². The minimum atomic E-state index is -0.231. The van der Waals surface area contributed by atoms with E-state index in [0.717, 1.165) is 9.32 Å². The number of halogens is 1. The molecule has 3 nitrogen and oxygen atoms in total. The van der Waals surface area contributed by atoms with Crippen LogP contribution in [0.3, 0.4) is 0 Å². The molecule has 4 heteroatoms. The molecule has 0 atom stereocenters. The number of hydrogen-bond acceptors (Lipinski definition) is 3. The van der Waals surface area contributed by atoms with E-state index < -0.39 is 0 Å². The fourth-order valence-corrected chi connectivity index (χ4v) is 1.62. The van der Waals surface area contributed by atoms with Crippen molar-refractivity contribution in [3.8, 4) is 11.5 Å². The molecule has 0 radical (unpaired) electrons. The number of carbonyl (C=O) groups excluding carboxylic acids is 1. The first-order chi connectivity index (χ1) is 6.67. The molecule has 0 aliphatic carbocycles. The van der Waals surface area contributed by atoms with Gasteiger partial charge in [-0.25, -0.2) is 0 Å². The monoisotopic (exact) mass is 306 g/mol. The number of hydrogen-bond donors (Lipinski definition) is 0. The fourth-order valence-electron chi connectivity index (χ4n) is 0.914. The second-order valence-corrected chi connectivity index (χ2v) is 3.79. The summed E-state index contributed by atoms with van der Waals surface area (Å²) in [6, 6.07) is 5.27. The van der Waals surface area contributed by atoms with E-state index in [4.69, 9.17) is 9.47 Å². The number of carbonyl (C=O) groups is 1. The van der Waals surface area contributed by atoms with Crippen LogP contribution >= 0.6 is 22.6 Å². The van der Waals surface area contributed by atoms with Gasteiger partial charge in [0.1, 0.15) is 11.5 Å². The topological polar surface area (TPSA) is 35.5 Å². The molecule has 0 unspecified atom stereocenters. The van der Waals surface area contributed by atoms with Gasteiger partial charge < -0.3 is 9.47 Å². The van der Waals surface area contributed by atoms with Crippen molar-refractivity contribution in [2.75, 3.05) is 7.11 Å². The molecule has 0 aliphatic rings. The highest BCUT2D eigenvalue weighted by atomic mass is 127. The molecule has 0 bridgehead atoms. The zero-order chi connectivity index (χ0) is 10.6. The Balaban J connectivity index is 2.81. The Morgan fingerprint density at radius 3 is 2.71 bits per heavy atom. The van der Waals surface area contributed by atoms with Crippen molar-refractivity contribution in [2.24, 2.45) is 0 Å². The third kappa shape index (κ3) is 2.87. The normalized spacial score (nSPS) is 9.64. The lowest BCUT2D eigenvalue weighted by atomic mass is 10.3. The number of ether oxygens (including phenoxy) is 2. The molecule has 0 heterocycles. The van der Waals surface area contributed by atoms with E-state index in [2.05, 4.69) is 22.6 Å². The van der Waals surface area contributed by atoms with Crippen LogP contribution in [-0.2, 0) is 4.79 Å². The maximum absolute atomic E-state index is 11.0. The summed E-state index contributed by atoms with van der Waals surface area (Å²) in [5.74, 6) is 1.11. The third-order valence-electron chi connectivity index (χ3n) is 1.64. The predicted octanol–water partition coefficient (Wildman–Crippen LogP) is 2.62. The molecule has 0 N–H and O–H groups in total. The standard InChI is InChI=1S/C10H11IO3/c1-3-10(12)14-7-4-5-9(13-2)8(11)6-7/h4-6H,3H2,1-2H3. The summed E-state index contributed by atoms with van der Waals surface area (Å²) in [5.41, 5.74) is 0. The highest BCUT2D eigenvalue weighted by molar-refractivity contribution is 14.1. The second-order valence-electron chi connectivity index (χ2n) is 2.62. The van der Waals surface area contributed by atoms with Gasteiger partial charge in [0.15, 0.2) is 0 Å². The van der Waals surface area contributed by atoms with Gasteiger partial charge in [0, 0.05) is 6.42 Å². The Bertz CT molecular complexity index is 336. The molecule has 0 amide bonds. The maximum atomic E-state index is 11.0. The zero-order valence-electron chi connectivity index (χ0n) is 8.04. The van der Waals surface area contributed by atoms with Gasteiger partial charge in [0.2, 0.25) is 0 Å². The molecule has 0 spiro atoms. The lowest BCUT2D eigenvalue weighted by Crippen LogP contribution is -2.05. The number of benzene rings is 1. The first kappa shape index (κ1) is 11.3.